The average molecular weight is 986 g/mol. The number of hydrogen-bond donors (Lipinski definition) is 10. The van der Waals surface area contributed by atoms with Crippen LogP contribution in [0.15, 0.2) is 0 Å². The van der Waals surface area contributed by atoms with E-state index in [-0.39, 0.29) is 5.91 Å². The molecule has 0 saturated heterocycles. The average Bonchev–Trinajstić information content (AvgIpc) is 3.34. The van der Waals surface area contributed by atoms with Crippen molar-refractivity contribution in [3.8, 4) is 0 Å². The van der Waals surface area contributed by atoms with Gasteiger partial charge in [-0.25, -0.2) is 10.0 Å². The van der Waals surface area contributed by atoms with Gasteiger partial charge >= 0.3 is 0 Å². The standard InChI is InChI=1S/C55H116N8O6/c1-6-8-45-62(60-43-35-39-56-4)47-50(48-63(46-9-7-2)61-44-36-40-57-5)37-31-28-30-33-41-58-51(65)38-32-27-25-23-21-19-17-15-13-11-10-12-14-16-18-20-22-24-26-29-34-42-59-55(69)54(68)53(67)52(66)49(3)64/h49-50,52-54,56-57,60-61,64,66-68H,6-48H2,1-5H3,(H,58,65)(H,59,69)/t49-,52-,53+,54-/m1/s1. The molecule has 0 aliphatic heterocycles. The summed E-state index contributed by atoms with van der Waals surface area (Å²) in [6, 6.07) is 0. The summed E-state index contributed by atoms with van der Waals surface area (Å²) >= 11 is 0. The zero-order valence-electron chi connectivity index (χ0n) is 45.8. The van der Waals surface area contributed by atoms with Crippen LogP contribution in [0.4, 0.5) is 0 Å². The molecule has 0 spiro atoms. The smallest absolute Gasteiger partial charge is 0.251 e. The van der Waals surface area contributed by atoms with Crippen LogP contribution >= 0.6 is 0 Å². The lowest BCUT2D eigenvalue weighted by Gasteiger charge is -2.32. The fourth-order valence-electron chi connectivity index (χ4n) is 8.98. The zero-order chi connectivity index (χ0) is 50.8. The second-order valence-corrected chi connectivity index (χ2v) is 20.4. The van der Waals surface area contributed by atoms with Crippen LogP contribution in [0.3, 0.4) is 0 Å². The van der Waals surface area contributed by atoms with Gasteiger partial charge in [0.2, 0.25) is 5.91 Å². The molecule has 0 rings (SSSR count). The second-order valence-electron chi connectivity index (χ2n) is 20.4. The topological polar surface area (TPSA) is 194 Å². The van der Waals surface area contributed by atoms with E-state index in [9.17, 15) is 30.0 Å². The number of amides is 2. The van der Waals surface area contributed by atoms with Crippen molar-refractivity contribution in [3.05, 3.63) is 0 Å². The highest BCUT2D eigenvalue weighted by Gasteiger charge is 2.32. The van der Waals surface area contributed by atoms with E-state index in [2.05, 4.69) is 56.0 Å². The molecule has 14 nitrogen and oxygen atoms in total. The maximum absolute atomic E-state index is 12.5. The Morgan fingerprint density at radius 3 is 1.20 bits per heavy atom. The highest BCUT2D eigenvalue weighted by molar-refractivity contribution is 5.81. The number of aliphatic hydroxyl groups excluding tert-OH is 4. The molecule has 0 radical (unpaired) electrons. The minimum Gasteiger partial charge on any atom is -0.391 e. The van der Waals surface area contributed by atoms with Crippen molar-refractivity contribution < 1.29 is 30.0 Å². The van der Waals surface area contributed by atoms with Crippen LogP contribution in [-0.4, -0.2) is 146 Å². The summed E-state index contributed by atoms with van der Waals surface area (Å²) in [7, 11) is 4.06. The monoisotopic (exact) mass is 985 g/mol. The van der Waals surface area contributed by atoms with Gasteiger partial charge in [0.25, 0.3) is 5.91 Å². The number of rotatable bonds is 55. The van der Waals surface area contributed by atoms with Crippen molar-refractivity contribution in [2.45, 2.75) is 257 Å². The predicted molar refractivity (Wildman–Crippen MR) is 290 cm³/mol. The van der Waals surface area contributed by atoms with Gasteiger partial charge in [-0.15, -0.1) is 0 Å². The summed E-state index contributed by atoms with van der Waals surface area (Å²) in [5.41, 5.74) is 7.54. The molecule has 412 valence electrons. The van der Waals surface area contributed by atoms with Crippen LogP contribution in [0.5, 0.6) is 0 Å². The first-order valence-corrected chi connectivity index (χ1v) is 29.1. The third kappa shape index (κ3) is 43.8. The van der Waals surface area contributed by atoms with Crippen LogP contribution in [0.2, 0.25) is 0 Å². The van der Waals surface area contributed by atoms with E-state index in [1.807, 2.05) is 14.1 Å². The summed E-state index contributed by atoms with van der Waals surface area (Å²) < 4.78 is 0. The van der Waals surface area contributed by atoms with Gasteiger partial charge in [-0.2, -0.15) is 0 Å². The Balaban J connectivity index is 3.90. The number of hydrogen-bond acceptors (Lipinski definition) is 12. The minimum atomic E-state index is -1.76. The molecule has 0 fully saturated rings. The number of aliphatic hydroxyl groups is 4. The lowest BCUT2D eigenvalue weighted by Crippen LogP contribution is -2.50. The Hall–Kier alpha value is -1.46. The largest absolute Gasteiger partial charge is 0.391 e. The third-order valence-corrected chi connectivity index (χ3v) is 13.6. The van der Waals surface area contributed by atoms with Crippen LogP contribution < -0.4 is 32.1 Å². The molecule has 0 aromatic heterocycles. The van der Waals surface area contributed by atoms with Crippen LogP contribution in [0, 0.1) is 5.92 Å². The van der Waals surface area contributed by atoms with E-state index in [4.69, 9.17) is 0 Å². The molecule has 0 bridgehead atoms. The number of nitrogens with one attached hydrogen (secondary N) is 6. The first-order valence-electron chi connectivity index (χ1n) is 29.1. The Morgan fingerprint density at radius 2 is 0.812 bits per heavy atom. The first kappa shape index (κ1) is 67.5. The van der Waals surface area contributed by atoms with Gasteiger partial charge in [0.15, 0.2) is 6.10 Å². The normalized spacial score (nSPS) is 13.7. The van der Waals surface area contributed by atoms with Crippen LogP contribution in [0.1, 0.15) is 233 Å². The molecule has 4 atom stereocenters. The number of unbranched alkanes of at least 4 members (excludes halogenated alkanes) is 25. The molecule has 0 unspecified atom stereocenters. The summed E-state index contributed by atoms with van der Waals surface area (Å²) in [5, 5.41) is 55.9. The number of hydrazine groups is 2. The maximum atomic E-state index is 12.5. The molecule has 0 aliphatic carbocycles. The summed E-state index contributed by atoms with van der Waals surface area (Å²) in [6.07, 6.45) is 33.8. The third-order valence-electron chi connectivity index (χ3n) is 13.6. The van der Waals surface area contributed by atoms with Crippen LogP contribution in [-0.2, 0) is 9.59 Å². The molecule has 0 saturated carbocycles. The summed E-state index contributed by atoms with van der Waals surface area (Å²) in [6.45, 7) is 15.6. The van der Waals surface area contributed by atoms with E-state index >= 15 is 0 Å². The van der Waals surface area contributed by atoms with E-state index in [0.717, 1.165) is 104 Å². The first-order chi connectivity index (χ1) is 33.6. The van der Waals surface area contributed by atoms with Gasteiger partial charge in [-0.1, -0.05) is 168 Å². The molecule has 10 N–H and O–H groups in total. The van der Waals surface area contributed by atoms with Gasteiger partial charge in [-0.3, -0.25) is 20.4 Å². The van der Waals surface area contributed by atoms with Crippen molar-refractivity contribution in [2.75, 3.05) is 79.5 Å². The quantitative estimate of drug-likeness (QED) is 0.0208. The molecule has 2 amide bonds. The van der Waals surface area contributed by atoms with E-state index < -0.39 is 30.3 Å². The molecule has 0 heterocycles. The van der Waals surface area contributed by atoms with Crippen molar-refractivity contribution in [3.63, 3.8) is 0 Å². The predicted octanol–water partition coefficient (Wildman–Crippen LogP) is 8.26. The fraction of sp³-hybridized carbons (Fsp3) is 0.964. The molecule has 69 heavy (non-hydrogen) atoms. The van der Waals surface area contributed by atoms with Gasteiger partial charge in [0.1, 0.15) is 12.2 Å². The van der Waals surface area contributed by atoms with Crippen molar-refractivity contribution in [1.29, 1.82) is 0 Å². The molecule has 0 aromatic carbocycles. The summed E-state index contributed by atoms with van der Waals surface area (Å²) in [5.74, 6) is 0.115. The van der Waals surface area contributed by atoms with E-state index in [0.29, 0.717) is 18.9 Å². The molecule has 0 aromatic rings. The maximum Gasteiger partial charge on any atom is 0.251 e. The molecular formula is C55H116N8O6. The number of carbonyl (C=O) groups is 2. The Morgan fingerprint density at radius 1 is 0.435 bits per heavy atom. The molecular weight excluding hydrogens is 869 g/mol. The van der Waals surface area contributed by atoms with Crippen molar-refractivity contribution in [2.24, 2.45) is 5.92 Å². The zero-order valence-corrected chi connectivity index (χ0v) is 45.8. The second kappa shape index (κ2) is 51.4. The minimum absolute atomic E-state index is 0.234. The van der Waals surface area contributed by atoms with Gasteiger partial charge in [0, 0.05) is 58.8 Å². The lowest BCUT2D eigenvalue weighted by molar-refractivity contribution is -0.145. The highest BCUT2D eigenvalue weighted by Crippen LogP contribution is 2.17. The van der Waals surface area contributed by atoms with Crippen molar-refractivity contribution in [1.82, 2.24) is 42.1 Å². The van der Waals surface area contributed by atoms with Crippen molar-refractivity contribution >= 4 is 11.8 Å². The van der Waals surface area contributed by atoms with Crippen LogP contribution in [0.25, 0.3) is 0 Å². The summed E-state index contributed by atoms with van der Waals surface area (Å²) in [4.78, 5) is 24.5. The van der Waals surface area contributed by atoms with E-state index in [1.54, 1.807) is 0 Å². The lowest BCUT2D eigenvalue weighted by atomic mass is 9.99. The van der Waals surface area contributed by atoms with Gasteiger partial charge in [0.05, 0.1) is 6.10 Å². The fourth-order valence-corrected chi connectivity index (χ4v) is 8.98. The van der Waals surface area contributed by atoms with Gasteiger partial charge in [-0.05, 0) is 91.4 Å². The SMILES string of the molecule is CCCCN(CC(CCCCCCNC(=O)CCCCCCCCCCCCCCCCCCCCCCCNC(=O)[C@H](O)[C@@H](O)[C@H](O)[C@@H](C)O)CN(CCCC)NCCCNC)NCCCNC. The molecule has 14 heteroatoms. The Bertz CT molecular complexity index is 1070. The Kier molecular flexibility index (Phi) is 50.4. The number of nitrogens with zero attached hydrogens (tertiary/aromatic N) is 2. The highest BCUT2D eigenvalue weighted by atomic mass is 16.4. The Labute approximate surface area is 425 Å². The molecule has 0 aliphatic rings. The number of carbonyl (C=O) groups excluding carboxylic acids is 2. The van der Waals surface area contributed by atoms with E-state index in [1.165, 1.54) is 167 Å². The van der Waals surface area contributed by atoms with Gasteiger partial charge < -0.3 is 41.7 Å².